The number of fused-ring (bicyclic) bond motifs is 1. The molecule has 100 valence electrons. The van der Waals surface area contributed by atoms with Gasteiger partial charge in [-0.3, -0.25) is 4.79 Å². The minimum Gasteiger partial charge on any atom is -0.409 e. The minimum absolute atomic E-state index is 0.0287. The van der Waals surface area contributed by atoms with Crippen molar-refractivity contribution in [3.8, 4) is 0 Å². The number of amidine groups is 1. The average Bonchev–Trinajstić information content (AvgIpc) is 2.80. The Labute approximate surface area is 111 Å². The number of benzene rings is 1. The number of oxime groups is 1. The Balaban J connectivity index is 1.94. The lowest BCUT2D eigenvalue weighted by atomic mass is 9.67. The van der Waals surface area contributed by atoms with Crippen LogP contribution in [0.2, 0.25) is 0 Å². The summed E-state index contributed by atoms with van der Waals surface area (Å²) in [5.41, 5.74) is 7.12. The molecule has 0 unspecified atom stereocenters. The molecule has 1 saturated carbocycles. The second-order valence-electron chi connectivity index (χ2n) is 5.26. The van der Waals surface area contributed by atoms with E-state index in [2.05, 4.69) is 5.16 Å². The summed E-state index contributed by atoms with van der Waals surface area (Å²) in [5, 5.41) is 12.0. The molecule has 0 aromatic heterocycles. The van der Waals surface area contributed by atoms with Crippen LogP contribution in [0.15, 0.2) is 29.4 Å². The fourth-order valence-corrected chi connectivity index (χ4v) is 3.01. The van der Waals surface area contributed by atoms with E-state index in [1.807, 2.05) is 24.3 Å². The normalized spacial score (nSPS) is 20.8. The zero-order valence-corrected chi connectivity index (χ0v) is 10.7. The second kappa shape index (κ2) is 4.26. The third kappa shape index (κ3) is 1.61. The van der Waals surface area contributed by atoms with Crippen LogP contribution in [0.3, 0.4) is 0 Å². The van der Waals surface area contributed by atoms with E-state index in [0.29, 0.717) is 19.4 Å². The largest absolute Gasteiger partial charge is 0.409 e. The number of hydrogen-bond donors (Lipinski definition) is 2. The lowest BCUT2D eigenvalue weighted by Crippen LogP contribution is -2.55. The van der Waals surface area contributed by atoms with Crippen molar-refractivity contribution >= 4 is 17.4 Å². The number of nitrogens with two attached hydrogens (primary N) is 1. The predicted molar refractivity (Wildman–Crippen MR) is 72.2 cm³/mol. The molecule has 19 heavy (non-hydrogen) atoms. The fraction of sp³-hybridized carbons (Fsp3) is 0.429. The standard InChI is InChI=1S/C14H17N3O2/c15-12(16-19)14(7-3-8-14)13(18)17-9-6-10-4-1-2-5-11(10)17/h1-2,4-5,19H,3,6-9H2,(H2,15,16). The number of rotatable bonds is 2. The molecule has 1 amide bonds. The maximum atomic E-state index is 12.8. The smallest absolute Gasteiger partial charge is 0.240 e. The summed E-state index contributed by atoms with van der Waals surface area (Å²) in [4.78, 5) is 14.6. The van der Waals surface area contributed by atoms with E-state index >= 15 is 0 Å². The first-order valence-electron chi connectivity index (χ1n) is 6.57. The van der Waals surface area contributed by atoms with Gasteiger partial charge >= 0.3 is 0 Å². The van der Waals surface area contributed by atoms with Crippen LogP contribution in [0.1, 0.15) is 24.8 Å². The van der Waals surface area contributed by atoms with E-state index in [9.17, 15) is 4.79 Å². The van der Waals surface area contributed by atoms with E-state index in [1.165, 1.54) is 5.56 Å². The van der Waals surface area contributed by atoms with Crippen LogP contribution in [0.25, 0.3) is 0 Å². The van der Waals surface area contributed by atoms with Crippen molar-refractivity contribution in [1.82, 2.24) is 0 Å². The Kier molecular flexibility index (Phi) is 2.69. The molecule has 3 N–H and O–H groups in total. The average molecular weight is 259 g/mol. The van der Waals surface area contributed by atoms with Crippen LogP contribution in [-0.2, 0) is 11.2 Å². The van der Waals surface area contributed by atoms with Crippen molar-refractivity contribution in [2.75, 3.05) is 11.4 Å². The van der Waals surface area contributed by atoms with Gasteiger partial charge in [-0.1, -0.05) is 29.8 Å². The van der Waals surface area contributed by atoms with Gasteiger partial charge < -0.3 is 15.8 Å². The number of nitrogens with zero attached hydrogens (tertiary/aromatic N) is 2. The van der Waals surface area contributed by atoms with Gasteiger partial charge in [-0.25, -0.2) is 0 Å². The first-order chi connectivity index (χ1) is 9.19. The Morgan fingerprint density at radius 1 is 1.37 bits per heavy atom. The lowest BCUT2D eigenvalue weighted by Gasteiger charge is -2.41. The highest BCUT2D eigenvalue weighted by atomic mass is 16.4. The molecule has 1 aromatic rings. The number of carbonyl (C=O) groups is 1. The highest BCUT2D eigenvalue weighted by molar-refractivity contribution is 6.14. The number of para-hydroxylation sites is 1. The summed E-state index contributed by atoms with van der Waals surface area (Å²) < 4.78 is 0. The van der Waals surface area contributed by atoms with E-state index < -0.39 is 5.41 Å². The van der Waals surface area contributed by atoms with Crippen LogP contribution in [0.5, 0.6) is 0 Å². The summed E-state index contributed by atoms with van der Waals surface area (Å²) in [7, 11) is 0. The van der Waals surface area contributed by atoms with Crippen molar-refractivity contribution in [2.24, 2.45) is 16.3 Å². The van der Waals surface area contributed by atoms with Gasteiger partial charge in [0.05, 0.1) is 0 Å². The molecular weight excluding hydrogens is 242 g/mol. The SMILES string of the molecule is N/C(=N/O)C1(C(=O)N2CCc3ccccc32)CCC1. The molecule has 5 heteroatoms. The quantitative estimate of drug-likeness (QED) is 0.365. The molecule has 5 nitrogen and oxygen atoms in total. The Morgan fingerprint density at radius 3 is 2.74 bits per heavy atom. The highest BCUT2D eigenvalue weighted by Crippen LogP contribution is 2.44. The van der Waals surface area contributed by atoms with E-state index in [1.54, 1.807) is 4.90 Å². The first-order valence-corrected chi connectivity index (χ1v) is 6.57. The van der Waals surface area contributed by atoms with Gasteiger partial charge in [0.15, 0.2) is 5.84 Å². The van der Waals surface area contributed by atoms with Crippen molar-refractivity contribution in [1.29, 1.82) is 0 Å². The Hall–Kier alpha value is -2.04. The van der Waals surface area contributed by atoms with E-state index in [4.69, 9.17) is 10.9 Å². The molecule has 0 radical (unpaired) electrons. The molecule has 0 saturated heterocycles. The molecule has 3 rings (SSSR count). The first kappa shape index (κ1) is 12.0. The van der Waals surface area contributed by atoms with Crippen LogP contribution in [-0.4, -0.2) is 23.5 Å². The Bertz CT molecular complexity index is 549. The third-order valence-corrected chi connectivity index (χ3v) is 4.35. The lowest BCUT2D eigenvalue weighted by molar-refractivity contribution is -0.128. The molecule has 1 heterocycles. The number of anilines is 1. The van der Waals surface area contributed by atoms with Crippen LogP contribution in [0, 0.1) is 5.41 Å². The fourth-order valence-electron chi connectivity index (χ4n) is 3.01. The van der Waals surface area contributed by atoms with Crippen molar-refractivity contribution in [3.05, 3.63) is 29.8 Å². The van der Waals surface area contributed by atoms with Gasteiger partial charge in [0.1, 0.15) is 5.41 Å². The van der Waals surface area contributed by atoms with E-state index in [0.717, 1.165) is 18.5 Å². The van der Waals surface area contributed by atoms with Crippen molar-refractivity contribution in [2.45, 2.75) is 25.7 Å². The van der Waals surface area contributed by atoms with Crippen LogP contribution < -0.4 is 10.6 Å². The molecular formula is C14H17N3O2. The van der Waals surface area contributed by atoms with Gasteiger partial charge in [-0.15, -0.1) is 0 Å². The molecule has 1 aliphatic carbocycles. The molecule has 1 aliphatic heterocycles. The van der Waals surface area contributed by atoms with E-state index in [-0.39, 0.29) is 11.7 Å². The number of amides is 1. The summed E-state index contributed by atoms with van der Waals surface area (Å²) >= 11 is 0. The zero-order valence-electron chi connectivity index (χ0n) is 10.7. The number of hydrogen-bond acceptors (Lipinski definition) is 3. The summed E-state index contributed by atoms with van der Waals surface area (Å²) in [6, 6.07) is 7.91. The van der Waals surface area contributed by atoms with Gasteiger partial charge in [0.2, 0.25) is 5.91 Å². The topological polar surface area (TPSA) is 78.9 Å². The minimum atomic E-state index is -0.786. The molecule has 0 spiro atoms. The second-order valence-corrected chi connectivity index (χ2v) is 5.26. The zero-order chi connectivity index (χ0) is 13.5. The summed E-state index contributed by atoms with van der Waals surface area (Å²) in [6.07, 6.45) is 3.15. The van der Waals surface area contributed by atoms with Gasteiger partial charge in [0.25, 0.3) is 0 Å². The maximum Gasteiger partial charge on any atom is 0.240 e. The Morgan fingerprint density at radius 2 is 2.11 bits per heavy atom. The highest BCUT2D eigenvalue weighted by Gasteiger charge is 2.51. The third-order valence-electron chi connectivity index (χ3n) is 4.35. The molecule has 0 atom stereocenters. The maximum absolute atomic E-state index is 12.8. The van der Waals surface area contributed by atoms with Crippen molar-refractivity contribution in [3.63, 3.8) is 0 Å². The van der Waals surface area contributed by atoms with Crippen LogP contribution >= 0.6 is 0 Å². The molecule has 1 aromatic carbocycles. The van der Waals surface area contributed by atoms with Gasteiger partial charge in [-0.05, 0) is 30.9 Å². The molecule has 2 aliphatic rings. The van der Waals surface area contributed by atoms with Gasteiger partial charge in [0, 0.05) is 12.2 Å². The van der Waals surface area contributed by atoms with Gasteiger partial charge in [-0.2, -0.15) is 0 Å². The summed E-state index contributed by atoms with van der Waals surface area (Å²) in [6.45, 7) is 0.679. The molecule has 1 fully saturated rings. The molecule has 0 bridgehead atoms. The van der Waals surface area contributed by atoms with Crippen molar-refractivity contribution < 1.29 is 10.0 Å². The predicted octanol–water partition coefficient (Wildman–Crippen LogP) is 1.49. The van der Waals surface area contributed by atoms with Crippen LogP contribution in [0.4, 0.5) is 5.69 Å². The monoisotopic (exact) mass is 259 g/mol. The summed E-state index contributed by atoms with van der Waals surface area (Å²) in [5.74, 6) is 0.0205. The number of carbonyl (C=O) groups excluding carboxylic acids is 1.